The minimum Gasteiger partial charge on any atom is -0.493 e. The lowest BCUT2D eigenvalue weighted by Gasteiger charge is -2.22. The molecule has 0 spiro atoms. The Kier molecular flexibility index (Phi) is 6.19. The molecule has 3 N–H and O–H groups in total. The number of nitrogens with zero attached hydrogens (tertiary/aromatic N) is 1. The van der Waals surface area contributed by atoms with Crippen LogP contribution in [0.15, 0.2) is 12.1 Å². The Balaban J connectivity index is 2.94. The van der Waals surface area contributed by atoms with Gasteiger partial charge in [-0.15, -0.1) is 0 Å². The number of rotatable bonds is 7. The van der Waals surface area contributed by atoms with Crippen LogP contribution in [0.5, 0.6) is 11.5 Å². The van der Waals surface area contributed by atoms with Gasteiger partial charge in [-0.1, -0.05) is 0 Å². The van der Waals surface area contributed by atoms with E-state index >= 15 is 0 Å². The fourth-order valence-corrected chi connectivity index (χ4v) is 1.89. The van der Waals surface area contributed by atoms with Crippen molar-refractivity contribution in [1.29, 1.82) is 0 Å². The normalized spacial score (nSPS) is 14.2. The molecule has 1 rings (SSSR count). The van der Waals surface area contributed by atoms with Gasteiger partial charge in [0, 0.05) is 17.7 Å². The molecule has 0 aliphatic carbocycles. The monoisotopic (exact) mass is 286 g/mol. The fraction of sp³-hybridized carbons (Fsp3) is 0.571. The van der Waals surface area contributed by atoms with Gasteiger partial charge < -0.3 is 25.2 Å². The molecule has 2 atom stereocenters. The van der Waals surface area contributed by atoms with Gasteiger partial charge >= 0.3 is 0 Å². The molecule has 0 aromatic heterocycles. The van der Waals surface area contributed by atoms with Crippen LogP contribution < -0.4 is 15.2 Å². The highest BCUT2D eigenvalue weighted by molar-refractivity contribution is 5.44. The van der Waals surface area contributed by atoms with Gasteiger partial charge in [-0.25, -0.2) is 4.39 Å². The van der Waals surface area contributed by atoms with Gasteiger partial charge in [0.05, 0.1) is 20.3 Å². The first-order valence-corrected chi connectivity index (χ1v) is 6.40. The maximum absolute atomic E-state index is 14.0. The first-order chi connectivity index (χ1) is 9.40. The Labute approximate surface area is 119 Å². The number of benzene rings is 1. The minimum absolute atomic E-state index is 0.119. The molecule has 5 nitrogen and oxygen atoms in total. The molecule has 6 heteroatoms. The van der Waals surface area contributed by atoms with Crippen molar-refractivity contribution in [3.8, 4) is 11.5 Å². The number of aliphatic hydroxyl groups excluding tert-OH is 1. The quantitative estimate of drug-likeness (QED) is 0.787. The lowest BCUT2D eigenvalue weighted by Crippen LogP contribution is -2.32. The van der Waals surface area contributed by atoms with Crippen LogP contribution in [-0.4, -0.2) is 50.9 Å². The SMILES string of the molecule is COc1cc(F)c(C(O)C(N)CCN(C)C)cc1OC. The van der Waals surface area contributed by atoms with Gasteiger partial charge in [-0.2, -0.15) is 0 Å². The highest BCUT2D eigenvalue weighted by Crippen LogP contribution is 2.33. The lowest BCUT2D eigenvalue weighted by molar-refractivity contribution is 0.133. The molecular formula is C14H23FN2O3. The van der Waals surface area contributed by atoms with Gasteiger partial charge in [0.1, 0.15) is 5.82 Å². The van der Waals surface area contributed by atoms with E-state index in [9.17, 15) is 9.50 Å². The summed E-state index contributed by atoms with van der Waals surface area (Å²) in [6.07, 6.45) is -0.531. The Bertz CT molecular complexity index is 441. The molecule has 1 aromatic carbocycles. The van der Waals surface area contributed by atoms with E-state index in [1.54, 1.807) is 0 Å². The van der Waals surface area contributed by atoms with E-state index in [0.29, 0.717) is 18.7 Å². The van der Waals surface area contributed by atoms with Crippen LogP contribution in [0.4, 0.5) is 4.39 Å². The molecule has 0 radical (unpaired) electrons. The van der Waals surface area contributed by atoms with Gasteiger partial charge in [0.15, 0.2) is 11.5 Å². The second kappa shape index (κ2) is 7.42. The summed E-state index contributed by atoms with van der Waals surface area (Å²) >= 11 is 0. The average Bonchev–Trinajstić information content (AvgIpc) is 2.43. The number of nitrogens with two attached hydrogens (primary N) is 1. The number of halogens is 1. The summed E-state index contributed by atoms with van der Waals surface area (Å²) in [5.41, 5.74) is 6.03. The van der Waals surface area contributed by atoms with E-state index in [0.717, 1.165) is 0 Å². The summed E-state index contributed by atoms with van der Waals surface area (Å²) in [6, 6.07) is 2.06. The van der Waals surface area contributed by atoms with Gasteiger partial charge in [0.25, 0.3) is 0 Å². The molecule has 0 bridgehead atoms. The highest BCUT2D eigenvalue weighted by Gasteiger charge is 2.22. The largest absolute Gasteiger partial charge is 0.493 e. The topological polar surface area (TPSA) is 68.0 Å². The summed E-state index contributed by atoms with van der Waals surface area (Å²) in [5, 5.41) is 10.2. The van der Waals surface area contributed by atoms with Crippen molar-refractivity contribution in [2.24, 2.45) is 5.73 Å². The molecule has 0 amide bonds. The molecule has 20 heavy (non-hydrogen) atoms. The highest BCUT2D eigenvalue weighted by atomic mass is 19.1. The summed E-state index contributed by atoms with van der Waals surface area (Å²) in [7, 11) is 6.71. The third-order valence-electron chi connectivity index (χ3n) is 3.14. The van der Waals surface area contributed by atoms with Crippen molar-refractivity contribution in [1.82, 2.24) is 4.90 Å². The molecule has 0 aliphatic rings. The van der Waals surface area contributed by atoms with E-state index in [1.807, 2.05) is 19.0 Å². The molecule has 0 saturated carbocycles. The zero-order valence-electron chi connectivity index (χ0n) is 12.4. The first kappa shape index (κ1) is 16.7. The third kappa shape index (κ3) is 4.06. The molecule has 2 unspecified atom stereocenters. The predicted octanol–water partition coefficient (Wildman–Crippen LogP) is 1.16. The van der Waals surface area contributed by atoms with Crippen LogP contribution in [0.1, 0.15) is 18.1 Å². The van der Waals surface area contributed by atoms with Crippen LogP contribution in [0.2, 0.25) is 0 Å². The van der Waals surface area contributed by atoms with Crippen molar-refractivity contribution < 1.29 is 19.0 Å². The standard InChI is InChI=1S/C14H23FN2O3/c1-17(2)6-5-11(16)14(18)9-7-12(19-3)13(20-4)8-10(9)15/h7-8,11,14,18H,5-6,16H2,1-4H3. The van der Waals surface area contributed by atoms with Crippen LogP contribution in [0.25, 0.3) is 0 Å². The minimum atomic E-state index is -1.09. The summed E-state index contributed by atoms with van der Waals surface area (Å²) in [4.78, 5) is 1.96. The number of aliphatic hydroxyl groups is 1. The molecule has 0 aliphatic heterocycles. The van der Waals surface area contributed by atoms with Crippen molar-refractivity contribution in [2.45, 2.75) is 18.6 Å². The molecule has 0 saturated heterocycles. The van der Waals surface area contributed by atoms with Gasteiger partial charge in [0.2, 0.25) is 0 Å². The Morgan fingerprint density at radius 3 is 2.30 bits per heavy atom. The van der Waals surface area contributed by atoms with E-state index < -0.39 is 18.0 Å². The smallest absolute Gasteiger partial charge is 0.163 e. The van der Waals surface area contributed by atoms with Crippen molar-refractivity contribution in [2.75, 3.05) is 34.9 Å². The Morgan fingerprint density at radius 2 is 1.80 bits per heavy atom. The first-order valence-electron chi connectivity index (χ1n) is 6.40. The van der Waals surface area contributed by atoms with Crippen molar-refractivity contribution in [3.05, 3.63) is 23.5 Å². The van der Waals surface area contributed by atoms with Crippen LogP contribution >= 0.6 is 0 Å². The lowest BCUT2D eigenvalue weighted by atomic mass is 9.99. The zero-order chi connectivity index (χ0) is 15.3. The number of ether oxygens (including phenoxy) is 2. The molecule has 1 aromatic rings. The van der Waals surface area contributed by atoms with E-state index in [2.05, 4.69) is 0 Å². The third-order valence-corrected chi connectivity index (χ3v) is 3.14. The Morgan fingerprint density at radius 1 is 1.25 bits per heavy atom. The summed E-state index contributed by atoms with van der Waals surface area (Å²) < 4.78 is 24.1. The number of hydrogen-bond donors (Lipinski definition) is 2. The predicted molar refractivity (Wildman–Crippen MR) is 75.6 cm³/mol. The maximum Gasteiger partial charge on any atom is 0.163 e. The van der Waals surface area contributed by atoms with Crippen LogP contribution in [0, 0.1) is 5.82 Å². The maximum atomic E-state index is 14.0. The molecular weight excluding hydrogens is 263 g/mol. The summed E-state index contributed by atoms with van der Waals surface area (Å²) in [6.45, 7) is 0.715. The molecule has 0 fully saturated rings. The number of hydrogen-bond acceptors (Lipinski definition) is 5. The second-order valence-electron chi connectivity index (χ2n) is 4.93. The van der Waals surface area contributed by atoms with Gasteiger partial charge in [-0.3, -0.25) is 0 Å². The molecule has 114 valence electrons. The molecule has 0 heterocycles. The van der Waals surface area contributed by atoms with E-state index in [4.69, 9.17) is 15.2 Å². The van der Waals surface area contributed by atoms with Crippen LogP contribution in [0.3, 0.4) is 0 Å². The second-order valence-corrected chi connectivity index (χ2v) is 4.93. The number of methoxy groups -OCH3 is 2. The van der Waals surface area contributed by atoms with Crippen molar-refractivity contribution >= 4 is 0 Å². The van der Waals surface area contributed by atoms with Gasteiger partial charge in [-0.05, 0) is 33.1 Å². The zero-order valence-corrected chi connectivity index (χ0v) is 12.4. The van der Waals surface area contributed by atoms with E-state index in [-0.39, 0.29) is 11.3 Å². The van der Waals surface area contributed by atoms with E-state index in [1.165, 1.54) is 26.4 Å². The summed E-state index contributed by atoms with van der Waals surface area (Å²) in [5.74, 6) is 0.0843. The fourth-order valence-electron chi connectivity index (χ4n) is 1.89. The van der Waals surface area contributed by atoms with Crippen LogP contribution in [-0.2, 0) is 0 Å². The van der Waals surface area contributed by atoms with Crippen molar-refractivity contribution in [3.63, 3.8) is 0 Å². The average molecular weight is 286 g/mol. The Hall–Kier alpha value is -1.37.